The van der Waals surface area contributed by atoms with Crippen LogP contribution in [0.25, 0.3) is 0 Å². The number of anilines is 1. The molecule has 224 valence electrons. The lowest BCUT2D eigenvalue weighted by molar-refractivity contribution is -0.193. The quantitative estimate of drug-likeness (QED) is 0.412. The molecule has 1 aliphatic heterocycles. The summed E-state index contributed by atoms with van der Waals surface area (Å²) in [5.41, 5.74) is 1.14. The van der Waals surface area contributed by atoms with Gasteiger partial charge in [-0.25, -0.2) is 33.3 Å². The summed E-state index contributed by atoms with van der Waals surface area (Å²) < 4.78 is 98.0. The number of halogens is 8. The highest BCUT2D eigenvalue weighted by atomic mass is 19.4. The summed E-state index contributed by atoms with van der Waals surface area (Å²) in [5.74, 6) is -5.69. The number of carboxylic acids is 2. The lowest BCUT2D eigenvalue weighted by atomic mass is 10.1. The van der Waals surface area contributed by atoms with Crippen molar-refractivity contribution in [2.24, 2.45) is 5.92 Å². The number of aliphatic carboxylic acids is 2. The molecule has 1 aliphatic rings. The van der Waals surface area contributed by atoms with Crippen LogP contribution in [0.5, 0.6) is 5.88 Å². The average Bonchev–Trinajstić information content (AvgIpc) is 3.23. The fourth-order valence-corrected chi connectivity index (χ4v) is 3.28. The number of nitrogens with zero attached hydrogens (tertiary/aromatic N) is 5. The second-order valence-electron chi connectivity index (χ2n) is 8.13. The van der Waals surface area contributed by atoms with E-state index in [0.29, 0.717) is 32.1 Å². The van der Waals surface area contributed by atoms with Gasteiger partial charge in [-0.3, -0.25) is 0 Å². The molecule has 0 aliphatic carbocycles. The summed E-state index contributed by atoms with van der Waals surface area (Å²) in [6, 6.07) is 6.91. The summed E-state index contributed by atoms with van der Waals surface area (Å²) in [4.78, 5) is 32.0. The van der Waals surface area contributed by atoms with Crippen molar-refractivity contribution in [2.45, 2.75) is 31.9 Å². The van der Waals surface area contributed by atoms with E-state index in [2.05, 4.69) is 25.6 Å². The normalized spacial score (nSPS) is 14.8. The summed E-state index contributed by atoms with van der Waals surface area (Å²) in [7, 11) is 0. The zero-order valence-corrected chi connectivity index (χ0v) is 20.6. The Labute approximate surface area is 225 Å². The number of aromatic nitrogens is 4. The van der Waals surface area contributed by atoms with Crippen LogP contribution in [-0.2, 0) is 22.7 Å². The number of fused-ring (bicyclic) bond motifs is 1. The van der Waals surface area contributed by atoms with Crippen LogP contribution in [0.3, 0.4) is 0 Å². The van der Waals surface area contributed by atoms with E-state index >= 15 is 0 Å². The molecule has 1 atom stereocenters. The highest BCUT2D eigenvalue weighted by Gasteiger charge is 2.38. The molecule has 4 rings (SSSR count). The number of alkyl halides is 6. The SMILES string of the molecule is Fc1cnc(N2Cc3cccn3CC(CCOc3ncccc3F)C2)nc1.O=C(O)C(F)(F)F.O=C(O)C(F)(F)F. The Morgan fingerprint density at radius 2 is 1.51 bits per heavy atom. The number of hydrogen-bond acceptors (Lipinski definition) is 7. The Morgan fingerprint density at radius 1 is 0.927 bits per heavy atom. The van der Waals surface area contributed by atoms with Crippen molar-refractivity contribution in [1.82, 2.24) is 19.5 Å². The van der Waals surface area contributed by atoms with Crippen LogP contribution >= 0.6 is 0 Å². The van der Waals surface area contributed by atoms with Gasteiger partial charge in [0.2, 0.25) is 11.8 Å². The molecule has 3 aromatic rings. The molecule has 0 spiro atoms. The molecule has 10 nitrogen and oxygen atoms in total. The first-order chi connectivity index (χ1) is 19.1. The highest BCUT2D eigenvalue weighted by molar-refractivity contribution is 5.73. The molecule has 4 heterocycles. The van der Waals surface area contributed by atoms with Gasteiger partial charge < -0.3 is 24.4 Å². The minimum absolute atomic E-state index is 0.0199. The van der Waals surface area contributed by atoms with Gasteiger partial charge in [0.15, 0.2) is 11.6 Å². The molecule has 0 amide bonds. The minimum atomic E-state index is -5.08. The predicted octanol–water partition coefficient (Wildman–Crippen LogP) is 4.32. The monoisotopic (exact) mass is 599 g/mol. The van der Waals surface area contributed by atoms with Crippen molar-refractivity contribution in [3.8, 4) is 5.88 Å². The van der Waals surface area contributed by atoms with Crippen molar-refractivity contribution in [1.29, 1.82) is 0 Å². The summed E-state index contributed by atoms with van der Waals surface area (Å²) in [5, 5.41) is 14.2. The van der Waals surface area contributed by atoms with Crippen LogP contribution in [0.15, 0.2) is 49.1 Å². The molecule has 0 aromatic carbocycles. The maximum absolute atomic E-state index is 13.6. The van der Waals surface area contributed by atoms with Gasteiger partial charge in [-0.15, -0.1) is 0 Å². The lowest BCUT2D eigenvalue weighted by Gasteiger charge is -2.24. The Kier molecular flexibility index (Phi) is 11.3. The number of pyridine rings is 1. The molecule has 0 radical (unpaired) electrons. The molecular weight excluding hydrogens is 578 g/mol. The van der Waals surface area contributed by atoms with Crippen LogP contribution < -0.4 is 9.64 Å². The third kappa shape index (κ3) is 10.9. The molecule has 0 saturated carbocycles. The Balaban J connectivity index is 0.000000349. The number of carbonyl (C=O) groups is 2. The molecule has 2 N–H and O–H groups in total. The highest BCUT2D eigenvalue weighted by Crippen LogP contribution is 2.23. The third-order valence-corrected chi connectivity index (χ3v) is 5.07. The number of rotatable bonds is 5. The second kappa shape index (κ2) is 14.2. The van der Waals surface area contributed by atoms with Crippen LogP contribution in [0, 0.1) is 17.6 Å². The molecule has 0 saturated heterocycles. The van der Waals surface area contributed by atoms with E-state index in [4.69, 9.17) is 24.5 Å². The largest absolute Gasteiger partial charge is 0.490 e. The number of hydrogen-bond donors (Lipinski definition) is 2. The first-order valence-electron chi connectivity index (χ1n) is 11.3. The maximum Gasteiger partial charge on any atom is 0.490 e. The van der Waals surface area contributed by atoms with E-state index in [1.54, 1.807) is 0 Å². The van der Waals surface area contributed by atoms with Gasteiger partial charge in [0.25, 0.3) is 0 Å². The van der Waals surface area contributed by atoms with Crippen molar-refractivity contribution in [2.75, 3.05) is 18.1 Å². The Bertz CT molecular complexity index is 1260. The Hall–Kier alpha value is -4.51. The molecular formula is C23H21F8N5O5. The second-order valence-corrected chi connectivity index (χ2v) is 8.13. The summed E-state index contributed by atoms with van der Waals surface area (Å²) in [6.45, 7) is 2.51. The van der Waals surface area contributed by atoms with Gasteiger partial charge in [0.05, 0.1) is 25.5 Å². The average molecular weight is 599 g/mol. The number of ether oxygens (including phenoxy) is 1. The molecule has 0 bridgehead atoms. The summed E-state index contributed by atoms with van der Waals surface area (Å²) in [6.07, 6.45) is -3.56. The van der Waals surface area contributed by atoms with Crippen molar-refractivity contribution >= 4 is 17.9 Å². The minimum Gasteiger partial charge on any atom is -0.476 e. The maximum atomic E-state index is 13.6. The van der Waals surface area contributed by atoms with Crippen LogP contribution in [0.1, 0.15) is 12.1 Å². The van der Waals surface area contributed by atoms with Gasteiger partial charge in [0.1, 0.15) is 0 Å². The van der Waals surface area contributed by atoms with Crippen LogP contribution in [-0.4, -0.2) is 67.2 Å². The van der Waals surface area contributed by atoms with E-state index < -0.39 is 35.9 Å². The van der Waals surface area contributed by atoms with Crippen molar-refractivity contribution < 1.29 is 59.7 Å². The topological polar surface area (TPSA) is 131 Å². The zero-order chi connectivity index (χ0) is 30.8. The smallest absolute Gasteiger partial charge is 0.476 e. The molecule has 3 aromatic heterocycles. The van der Waals surface area contributed by atoms with E-state index in [1.807, 2.05) is 17.2 Å². The van der Waals surface area contributed by atoms with Gasteiger partial charge in [-0.2, -0.15) is 26.3 Å². The first kappa shape index (κ1) is 32.7. The van der Waals surface area contributed by atoms with Gasteiger partial charge in [-0.05, 0) is 36.6 Å². The van der Waals surface area contributed by atoms with Crippen LogP contribution in [0.2, 0.25) is 0 Å². The molecule has 1 unspecified atom stereocenters. The first-order valence-corrected chi connectivity index (χ1v) is 11.3. The van der Waals surface area contributed by atoms with Gasteiger partial charge in [0, 0.05) is 31.2 Å². The Morgan fingerprint density at radius 3 is 2.05 bits per heavy atom. The lowest BCUT2D eigenvalue weighted by Crippen LogP contribution is -2.30. The van der Waals surface area contributed by atoms with Gasteiger partial charge in [-0.1, -0.05) is 0 Å². The molecule has 41 heavy (non-hydrogen) atoms. The third-order valence-electron chi connectivity index (χ3n) is 5.07. The summed E-state index contributed by atoms with van der Waals surface area (Å²) >= 11 is 0. The van der Waals surface area contributed by atoms with E-state index in [9.17, 15) is 35.1 Å². The predicted molar refractivity (Wildman–Crippen MR) is 123 cm³/mol. The fraction of sp³-hybridized carbons (Fsp3) is 0.348. The van der Waals surface area contributed by atoms with Crippen LogP contribution in [0.4, 0.5) is 41.1 Å². The van der Waals surface area contributed by atoms with Gasteiger partial charge >= 0.3 is 24.3 Å². The molecule has 18 heteroatoms. The van der Waals surface area contributed by atoms with E-state index in [0.717, 1.165) is 12.2 Å². The zero-order valence-electron chi connectivity index (χ0n) is 20.6. The van der Waals surface area contributed by atoms with E-state index in [-0.39, 0.29) is 11.8 Å². The molecule has 0 fully saturated rings. The number of carboxylic acid groups (broad SMARTS) is 2. The fourth-order valence-electron chi connectivity index (χ4n) is 3.28. The van der Waals surface area contributed by atoms with E-state index in [1.165, 1.54) is 30.7 Å². The van der Waals surface area contributed by atoms with Crippen molar-refractivity contribution in [3.63, 3.8) is 0 Å². The van der Waals surface area contributed by atoms with Crippen molar-refractivity contribution in [3.05, 3.63) is 66.4 Å². The standard InChI is InChI=1S/C19H19F2N5O.2C2HF3O2/c20-15-9-23-19(24-10-15)26-12-14(11-25-7-2-3-16(25)13-26)5-8-27-18-17(21)4-1-6-22-18;2*3-2(4,5)1(6)7/h1-4,6-7,9-10,14H,5,8,11-13H2;2*(H,6,7).